The molecule has 0 fully saturated rings. The quantitative estimate of drug-likeness (QED) is 0.373. The summed E-state index contributed by atoms with van der Waals surface area (Å²) in [5, 5.41) is 0. The molecule has 0 aromatic rings. The molecular weight excluding hydrogens is 296 g/mol. The second-order valence-electron chi connectivity index (χ2n) is 4.46. The molecule has 4 nitrogen and oxygen atoms in total. The maximum Gasteiger partial charge on any atom is 0.306 e. The van der Waals surface area contributed by atoms with Crippen LogP contribution in [0.1, 0.15) is 66.2 Å². The van der Waals surface area contributed by atoms with Gasteiger partial charge in [0, 0.05) is 30.9 Å². The molecule has 0 aromatic carbocycles. The molecule has 0 amide bonds. The predicted molar refractivity (Wildman–Crippen MR) is 78.2 cm³/mol. The Bertz CT molecular complexity index is 268. The maximum absolute atomic E-state index is 8.96. The molecule has 0 unspecified atom stereocenters. The van der Waals surface area contributed by atoms with Crippen molar-refractivity contribution in [1.82, 2.24) is 0 Å². The molecule has 0 aliphatic carbocycles. The third-order valence-electron chi connectivity index (χ3n) is 2.00. The summed E-state index contributed by atoms with van der Waals surface area (Å²) in [5.74, 6) is 1.30. The average Bonchev–Trinajstić information content (AvgIpc) is 2.16. The van der Waals surface area contributed by atoms with E-state index >= 15 is 0 Å². The van der Waals surface area contributed by atoms with Gasteiger partial charge in [0.15, 0.2) is 12.8 Å². The van der Waals surface area contributed by atoms with Crippen molar-refractivity contribution in [2.45, 2.75) is 66.2 Å². The van der Waals surface area contributed by atoms with E-state index in [4.69, 9.17) is 19.2 Å². The first-order valence-electron chi connectivity index (χ1n) is 6.43. The summed E-state index contributed by atoms with van der Waals surface area (Å²) in [6.45, 7) is 7.16. The zero-order valence-electron chi connectivity index (χ0n) is 12.3. The van der Waals surface area contributed by atoms with Crippen molar-refractivity contribution in [3.63, 3.8) is 0 Å². The van der Waals surface area contributed by atoms with E-state index in [1.807, 2.05) is 13.8 Å². The molecule has 5 heteroatoms. The first kappa shape index (κ1) is 23.3. The third kappa shape index (κ3) is 22.8. The van der Waals surface area contributed by atoms with Crippen LogP contribution < -0.4 is 0 Å². The van der Waals surface area contributed by atoms with Crippen LogP contribution in [0.4, 0.5) is 0 Å². The van der Waals surface area contributed by atoms with Gasteiger partial charge in [-0.05, 0) is 12.8 Å². The van der Waals surface area contributed by atoms with Gasteiger partial charge in [0.1, 0.15) is 0 Å². The zero-order chi connectivity index (χ0) is 14.6. The van der Waals surface area contributed by atoms with Gasteiger partial charge in [-0.2, -0.15) is 0 Å². The molecule has 0 bridgehead atoms. The van der Waals surface area contributed by atoms with Crippen molar-refractivity contribution in [2.24, 2.45) is 0 Å². The molecule has 0 rings (SSSR count). The van der Waals surface area contributed by atoms with Gasteiger partial charge < -0.3 is 0 Å². The predicted octanol–water partition coefficient (Wildman–Crippen LogP) is 2.57. The van der Waals surface area contributed by atoms with Crippen LogP contribution in [-0.4, -0.2) is 42.3 Å². The summed E-state index contributed by atoms with van der Waals surface area (Å²) in [6.07, 6.45) is 3.93. The Morgan fingerprint density at radius 1 is 0.684 bits per heavy atom. The number of hydrogen-bond acceptors (Lipinski definition) is 0. The molecule has 0 saturated heterocycles. The summed E-state index contributed by atoms with van der Waals surface area (Å²) in [6, 6.07) is 0. The van der Waals surface area contributed by atoms with E-state index in [1.54, 1.807) is 13.8 Å². The fourth-order valence-electron chi connectivity index (χ4n) is 1.34. The molecule has 0 saturated carbocycles. The van der Waals surface area contributed by atoms with Gasteiger partial charge >= 0.3 is 23.1 Å². The largest absolute Gasteiger partial charge is 0.306 e. The van der Waals surface area contributed by atoms with Crippen LogP contribution in [0.5, 0.6) is 0 Å². The summed E-state index contributed by atoms with van der Waals surface area (Å²) in [4.78, 5) is 35.3. The minimum Gasteiger partial charge on any atom is -0.283 e. The Morgan fingerprint density at radius 3 is 1.11 bits per heavy atom. The van der Waals surface area contributed by atoms with E-state index < -0.39 is 0 Å². The Balaban J connectivity index is -0.000000256. The SMILES string of the molecule is CCCC(=[OH+])CC(C)=[OH+].CCCC(=[OH+])CC(C)=[OH+].[Cu]. The molecule has 0 aromatic heterocycles. The number of ketones is 4. The summed E-state index contributed by atoms with van der Waals surface area (Å²) in [5.41, 5.74) is 0. The standard InChI is InChI=1S/2C7H12O2.Cu/c2*1-3-4-7(9)5-6(2)8;/h2*3-5H2,1-2H3;/p+4. The summed E-state index contributed by atoms with van der Waals surface area (Å²) in [7, 11) is 0. The molecule has 19 heavy (non-hydrogen) atoms. The van der Waals surface area contributed by atoms with Crippen molar-refractivity contribution in [1.29, 1.82) is 0 Å². The first-order chi connectivity index (χ1) is 8.33. The average molecular weight is 324 g/mol. The smallest absolute Gasteiger partial charge is 0.283 e. The van der Waals surface area contributed by atoms with Gasteiger partial charge in [0.05, 0.1) is 12.8 Å². The minimum absolute atomic E-state index is 0. The molecular formula is C14H28CuO4+4. The fraction of sp³-hybridized carbons (Fsp3) is 0.714. The van der Waals surface area contributed by atoms with Crippen molar-refractivity contribution in [3.05, 3.63) is 0 Å². The number of carbonyl (C=O) groups excluding carboxylic acids is 4. The van der Waals surface area contributed by atoms with E-state index in [-0.39, 0.29) is 28.6 Å². The molecule has 0 aliphatic rings. The molecule has 115 valence electrons. The Morgan fingerprint density at radius 2 is 0.947 bits per heavy atom. The van der Waals surface area contributed by atoms with Crippen LogP contribution >= 0.6 is 0 Å². The van der Waals surface area contributed by atoms with Crippen LogP contribution in [0, 0.1) is 0 Å². The second kappa shape index (κ2) is 15.3. The van der Waals surface area contributed by atoms with Crippen LogP contribution in [0.2, 0.25) is 0 Å². The van der Waals surface area contributed by atoms with E-state index in [0.29, 0.717) is 37.2 Å². The van der Waals surface area contributed by atoms with Crippen LogP contribution in [0.25, 0.3) is 0 Å². The molecule has 0 aliphatic heterocycles. The molecule has 4 N–H and O–H groups in total. The van der Waals surface area contributed by atoms with Crippen molar-refractivity contribution in [3.8, 4) is 0 Å². The van der Waals surface area contributed by atoms with Crippen molar-refractivity contribution in [2.75, 3.05) is 0 Å². The zero-order valence-corrected chi connectivity index (χ0v) is 13.3. The van der Waals surface area contributed by atoms with Gasteiger partial charge in [-0.15, -0.1) is 0 Å². The monoisotopic (exact) mass is 323 g/mol. The van der Waals surface area contributed by atoms with Gasteiger partial charge in [-0.1, -0.05) is 13.8 Å². The number of rotatable bonds is 8. The van der Waals surface area contributed by atoms with Crippen molar-refractivity contribution >= 4 is 23.1 Å². The van der Waals surface area contributed by atoms with Gasteiger partial charge in [-0.25, -0.2) is 0 Å². The molecule has 0 atom stereocenters. The van der Waals surface area contributed by atoms with E-state index in [1.165, 1.54) is 0 Å². The summed E-state index contributed by atoms with van der Waals surface area (Å²) >= 11 is 0. The van der Waals surface area contributed by atoms with E-state index in [2.05, 4.69) is 0 Å². The fourth-order valence-corrected chi connectivity index (χ4v) is 1.34. The minimum atomic E-state index is 0. The summed E-state index contributed by atoms with van der Waals surface area (Å²) < 4.78 is 0. The van der Waals surface area contributed by atoms with Crippen LogP contribution in [0.3, 0.4) is 0 Å². The van der Waals surface area contributed by atoms with Gasteiger partial charge in [0.2, 0.25) is 0 Å². The molecule has 1 radical (unpaired) electrons. The van der Waals surface area contributed by atoms with Crippen molar-refractivity contribution < 1.29 is 36.2 Å². The third-order valence-corrected chi connectivity index (χ3v) is 2.00. The first-order valence-corrected chi connectivity index (χ1v) is 6.43. The van der Waals surface area contributed by atoms with Crippen LogP contribution in [-0.2, 0) is 17.1 Å². The van der Waals surface area contributed by atoms with E-state index in [0.717, 1.165) is 12.8 Å². The molecule has 0 spiro atoms. The Hall–Kier alpha value is -0.801. The maximum atomic E-state index is 8.96. The number of hydrogen-bond donors (Lipinski definition) is 0. The Kier molecular flexibility index (Phi) is 18.7. The second-order valence-corrected chi connectivity index (χ2v) is 4.46. The Labute approximate surface area is 126 Å². The van der Waals surface area contributed by atoms with Gasteiger partial charge in [-0.3, -0.25) is 19.2 Å². The molecule has 0 heterocycles. The van der Waals surface area contributed by atoms with E-state index in [9.17, 15) is 0 Å². The van der Waals surface area contributed by atoms with Crippen LogP contribution in [0.15, 0.2) is 0 Å². The van der Waals surface area contributed by atoms with Gasteiger partial charge in [0.25, 0.3) is 0 Å². The topological polar surface area (TPSA) is 85.6 Å². The normalized spacial score (nSPS) is 8.63.